The Morgan fingerprint density at radius 2 is 1.80 bits per heavy atom. The number of amides is 1. The van der Waals surface area contributed by atoms with E-state index in [-0.39, 0.29) is 17.2 Å². The molecule has 0 aromatic heterocycles. The van der Waals surface area contributed by atoms with Gasteiger partial charge >= 0.3 is 0 Å². The maximum absolute atomic E-state index is 13.0. The highest BCUT2D eigenvalue weighted by atomic mass is 16.2. The molecule has 138 valence electrons. The topological polar surface area (TPSA) is 32.3 Å². The van der Waals surface area contributed by atoms with Gasteiger partial charge in [0.15, 0.2) is 0 Å². The minimum absolute atomic E-state index is 0.193. The van der Waals surface area contributed by atoms with Crippen molar-refractivity contribution < 1.29 is 4.79 Å². The average Bonchev–Trinajstić information content (AvgIpc) is 2.66. The third-order valence-electron chi connectivity index (χ3n) is 5.52. The standard InChI is InChI=1S/C22H34N2O/c1-4-16-24(17-5-2)18-15-22(21(25)23-3)14-10-9-13-20(22)19-11-7-6-8-12-19/h6-12,20H,4-5,13-18H2,1-3H3,(H,23,25). The van der Waals surface area contributed by atoms with E-state index < -0.39 is 0 Å². The number of hydrogen-bond donors (Lipinski definition) is 1. The highest BCUT2D eigenvalue weighted by Gasteiger charge is 2.45. The number of carbonyl (C=O) groups is 1. The van der Waals surface area contributed by atoms with Crippen molar-refractivity contribution in [2.75, 3.05) is 26.7 Å². The van der Waals surface area contributed by atoms with Crippen LogP contribution in [0.2, 0.25) is 0 Å². The van der Waals surface area contributed by atoms with Gasteiger partial charge in [-0.1, -0.05) is 56.3 Å². The van der Waals surface area contributed by atoms with Crippen LogP contribution in [0.4, 0.5) is 0 Å². The Morgan fingerprint density at radius 1 is 1.12 bits per heavy atom. The van der Waals surface area contributed by atoms with E-state index in [9.17, 15) is 4.79 Å². The molecule has 2 atom stereocenters. The normalized spacial score (nSPS) is 23.0. The molecule has 0 bridgehead atoms. The van der Waals surface area contributed by atoms with Crippen LogP contribution < -0.4 is 5.32 Å². The molecule has 1 amide bonds. The molecule has 1 aliphatic rings. The van der Waals surface area contributed by atoms with Crippen molar-refractivity contribution in [2.24, 2.45) is 5.41 Å². The zero-order chi connectivity index (χ0) is 18.1. The van der Waals surface area contributed by atoms with E-state index in [4.69, 9.17) is 0 Å². The van der Waals surface area contributed by atoms with Crippen molar-refractivity contribution in [3.05, 3.63) is 48.0 Å². The molecule has 0 spiro atoms. The second kappa shape index (κ2) is 9.76. The molecule has 0 saturated carbocycles. The monoisotopic (exact) mass is 342 g/mol. The summed E-state index contributed by atoms with van der Waals surface area (Å²) in [7, 11) is 1.78. The second-order valence-electron chi connectivity index (χ2n) is 7.20. The molecule has 1 aromatic rings. The van der Waals surface area contributed by atoms with Gasteiger partial charge in [0.2, 0.25) is 5.91 Å². The van der Waals surface area contributed by atoms with Gasteiger partial charge < -0.3 is 10.2 Å². The lowest BCUT2D eigenvalue weighted by Gasteiger charge is -2.42. The van der Waals surface area contributed by atoms with Crippen molar-refractivity contribution in [2.45, 2.75) is 51.9 Å². The first-order valence-electron chi connectivity index (χ1n) is 9.82. The fourth-order valence-corrected chi connectivity index (χ4v) is 4.25. The molecular weight excluding hydrogens is 308 g/mol. The van der Waals surface area contributed by atoms with Crippen LogP contribution >= 0.6 is 0 Å². The summed E-state index contributed by atoms with van der Waals surface area (Å²) in [6.45, 7) is 7.68. The second-order valence-corrected chi connectivity index (χ2v) is 7.20. The molecule has 3 heteroatoms. The van der Waals surface area contributed by atoms with Gasteiger partial charge in [0, 0.05) is 13.0 Å². The molecule has 3 nitrogen and oxygen atoms in total. The molecule has 1 aromatic carbocycles. The summed E-state index contributed by atoms with van der Waals surface area (Å²) in [6, 6.07) is 10.6. The molecular formula is C22H34N2O. The summed E-state index contributed by atoms with van der Waals surface area (Å²) in [5, 5.41) is 2.97. The lowest BCUT2D eigenvalue weighted by molar-refractivity contribution is -0.133. The Balaban J connectivity index is 2.28. The smallest absolute Gasteiger partial charge is 0.226 e. The summed E-state index contributed by atoms with van der Waals surface area (Å²) >= 11 is 0. The molecule has 0 aliphatic heterocycles. The quantitative estimate of drug-likeness (QED) is 0.676. The minimum atomic E-state index is -0.343. The Hall–Kier alpha value is -1.61. The molecule has 0 saturated heterocycles. The fraction of sp³-hybridized carbons (Fsp3) is 0.591. The van der Waals surface area contributed by atoms with Gasteiger partial charge in [-0.2, -0.15) is 0 Å². The first-order chi connectivity index (χ1) is 12.2. The molecule has 0 heterocycles. The van der Waals surface area contributed by atoms with Gasteiger partial charge in [0.1, 0.15) is 0 Å². The van der Waals surface area contributed by atoms with Crippen LogP contribution in [0.25, 0.3) is 0 Å². The van der Waals surface area contributed by atoms with Gasteiger partial charge in [-0.3, -0.25) is 4.79 Å². The van der Waals surface area contributed by atoms with Gasteiger partial charge in [-0.15, -0.1) is 0 Å². The van der Waals surface area contributed by atoms with E-state index in [1.165, 1.54) is 5.56 Å². The zero-order valence-corrected chi connectivity index (χ0v) is 16.1. The highest BCUT2D eigenvalue weighted by Crippen LogP contribution is 2.47. The van der Waals surface area contributed by atoms with Crippen molar-refractivity contribution in [3.8, 4) is 0 Å². The average molecular weight is 343 g/mol. The third kappa shape index (κ3) is 4.72. The summed E-state index contributed by atoms with van der Waals surface area (Å²) in [4.78, 5) is 15.6. The first-order valence-corrected chi connectivity index (χ1v) is 9.82. The molecule has 0 fully saturated rings. The van der Waals surface area contributed by atoms with Crippen LogP contribution in [0.1, 0.15) is 57.4 Å². The maximum Gasteiger partial charge on any atom is 0.226 e. The highest BCUT2D eigenvalue weighted by molar-refractivity contribution is 5.84. The zero-order valence-electron chi connectivity index (χ0n) is 16.1. The van der Waals surface area contributed by atoms with E-state index in [0.29, 0.717) is 0 Å². The predicted molar refractivity (Wildman–Crippen MR) is 106 cm³/mol. The van der Waals surface area contributed by atoms with Gasteiger partial charge in [0.25, 0.3) is 0 Å². The Bertz CT molecular complexity index is 548. The minimum Gasteiger partial charge on any atom is -0.359 e. The fourth-order valence-electron chi connectivity index (χ4n) is 4.25. The Kier molecular flexibility index (Phi) is 7.70. The summed E-state index contributed by atoms with van der Waals surface area (Å²) in [6.07, 6.45) is 9.46. The predicted octanol–water partition coefficient (Wildman–Crippen LogP) is 4.36. The van der Waals surface area contributed by atoms with E-state index in [1.807, 2.05) is 6.07 Å². The number of allylic oxidation sites excluding steroid dienone is 2. The summed E-state index contributed by atoms with van der Waals surface area (Å²) in [5.41, 5.74) is 0.942. The van der Waals surface area contributed by atoms with Gasteiger partial charge in [-0.05, 0) is 57.3 Å². The van der Waals surface area contributed by atoms with Crippen molar-refractivity contribution in [1.29, 1.82) is 0 Å². The lowest BCUT2D eigenvalue weighted by atomic mass is 9.63. The maximum atomic E-state index is 13.0. The van der Waals surface area contributed by atoms with E-state index in [2.05, 4.69) is 60.5 Å². The number of carbonyl (C=O) groups excluding carboxylic acids is 1. The third-order valence-corrected chi connectivity index (χ3v) is 5.52. The van der Waals surface area contributed by atoms with E-state index in [1.54, 1.807) is 7.05 Å². The van der Waals surface area contributed by atoms with Crippen molar-refractivity contribution in [1.82, 2.24) is 10.2 Å². The molecule has 1 aliphatic carbocycles. The summed E-state index contributed by atoms with van der Waals surface area (Å²) in [5.74, 6) is 0.447. The molecule has 0 radical (unpaired) electrons. The van der Waals surface area contributed by atoms with Crippen LogP contribution in [0.3, 0.4) is 0 Å². The van der Waals surface area contributed by atoms with Crippen LogP contribution in [-0.2, 0) is 4.79 Å². The Morgan fingerprint density at radius 3 is 2.40 bits per heavy atom. The van der Waals surface area contributed by atoms with E-state index in [0.717, 1.165) is 51.7 Å². The number of nitrogens with one attached hydrogen (secondary N) is 1. The number of hydrogen-bond acceptors (Lipinski definition) is 2. The van der Waals surface area contributed by atoms with Gasteiger partial charge in [0.05, 0.1) is 5.41 Å². The first kappa shape index (κ1) is 19.7. The van der Waals surface area contributed by atoms with Gasteiger partial charge in [-0.25, -0.2) is 0 Å². The van der Waals surface area contributed by atoms with Crippen LogP contribution in [0.15, 0.2) is 42.5 Å². The molecule has 2 rings (SSSR count). The molecule has 2 unspecified atom stereocenters. The van der Waals surface area contributed by atoms with Crippen molar-refractivity contribution >= 4 is 5.91 Å². The Labute approximate surface area is 153 Å². The van der Waals surface area contributed by atoms with Crippen LogP contribution in [0, 0.1) is 5.41 Å². The largest absolute Gasteiger partial charge is 0.359 e. The van der Waals surface area contributed by atoms with Crippen LogP contribution in [-0.4, -0.2) is 37.5 Å². The number of benzene rings is 1. The summed E-state index contributed by atoms with van der Waals surface area (Å²) < 4.78 is 0. The lowest BCUT2D eigenvalue weighted by Crippen LogP contribution is -2.46. The molecule has 25 heavy (non-hydrogen) atoms. The number of nitrogens with zero attached hydrogens (tertiary/aromatic N) is 1. The van der Waals surface area contributed by atoms with Crippen LogP contribution in [0.5, 0.6) is 0 Å². The molecule has 1 N–H and O–H groups in total. The van der Waals surface area contributed by atoms with Crippen molar-refractivity contribution in [3.63, 3.8) is 0 Å². The van der Waals surface area contributed by atoms with E-state index >= 15 is 0 Å². The number of rotatable bonds is 9. The SMILES string of the molecule is CCCN(CCC)CCC1(C(=O)NC)CC=CCC1c1ccccc1.